The van der Waals surface area contributed by atoms with Crippen molar-refractivity contribution in [2.24, 2.45) is 5.92 Å². The number of hydrogen-bond acceptors (Lipinski definition) is 6. The lowest BCUT2D eigenvalue weighted by Crippen LogP contribution is -2.37. The second-order valence-electron chi connectivity index (χ2n) is 7.67. The Kier molecular flexibility index (Phi) is 6.31. The van der Waals surface area contributed by atoms with Crippen molar-refractivity contribution in [1.82, 2.24) is 14.3 Å². The number of hydrogen-bond donors (Lipinski definition) is 1. The predicted octanol–water partition coefficient (Wildman–Crippen LogP) is 4.59. The van der Waals surface area contributed by atoms with Gasteiger partial charge < -0.3 is 0 Å². The van der Waals surface area contributed by atoms with Crippen LogP contribution >= 0.6 is 11.5 Å². The highest BCUT2D eigenvalue weighted by Crippen LogP contribution is 2.37. The number of nitrogens with zero attached hydrogens (tertiary/aromatic N) is 3. The molecule has 2 atom stereocenters. The molecule has 1 fully saturated rings. The van der Waals surface area contributed by atoms with E-state index in [0.717, 1.165) is 48.6 Å². The zero-order valence-electron chi connectivity index (χ0n) is 16.8. The van der Waals surface area contributed by atoms with E-state index in [1.165, 1.54) is 6.33 Å². The molecule has 0 spiro atoms. The number of rotatable bonds is 6. The smallest absolute Gasteiger partial charge is 0.266 e. The molecule has 2 heterocycles. The Morgan fingerprint density at radius 2 is 1.97 bits per heavy atom. The van der Waals surface area contributed by atoms with Crippen molar-refractivity contribution in [2.75, 3.05) is 11.3 Å². The van der Waals surface area contributed by atoms with Crippen LogP contribution in [0.1, 0.15) is 36.9 Å². The Bertz CT molecular complexity index is 1140. The summed E-state index contributed by atoms with van der Waals surface area (Å²) in [6, 6.07) is 11.8. The molecule has 10 heteroatoms. The van der Waals surface area contributed by atoms with Crippen LogP contribution in [0.4, 0.5) is 13.9 Å². The van der Waals surface area contributed by atoms with Crippen molar-refractivity contribution in [1.29, 1.82) is 0 Å². The van der Waals surface area contributed by atoms with Crippen LogP contribution in [-0.4, -0.2) is 29.2 Å². The summed E-state index contributed by atoms with van der Waals surface area (Å²) in [5.41, 5.74) is 1.26. The molecule has 31 heavy (non-hydrogen) atoms. The topological polar surface area (TPSA) is 75.2 Å². The molecule has 1 saturated heterocycles. The molecule has 6 nitrogen and oxygen atoms in total. The highest BCUT2D eigenvalue weighted by molar-refractivity contribution is 7.93. The third-order valence-corrected chi connectivity index (χ3v) is 7.59. The molecule has 1 aliphatic rings. The summed E-state index contributed by atoms with van der Waals surface area (Å²) < 4.78 is 60.4. The Morgan fingerprint density at radius 1 is 1.19 bits per heavy atom. The lowest BCUT2D eigenvalue weighted by Gasteiger charge is -2.40. The van der Waals surface area contributed by atoms with E-state index >= 15 is 0 Å². The number of sulfonamides is 1. The van der Waals surface area contributed by atoms with Crippen LogP contribution in [0.3, 0.4) is 0 Å². The van der Waals surface area contributed by atoms with E-state index in [0.29, 0.717) is 5.92 Å². The van der Waals surface area contributed by atoms with Crippen molar-refractivity contribution < 1.29 is 17.2 Å². The number of halogens is 2. The molecule has 3 aromatic rings. The van der Waals surface area contributed by atoms with E-state index in [4.69, 9.17) is 0 Å². The number of anilines is 1. The average Bonchev–Trinajstić information content (AvgIpc) is 3.23. The van der Waals surface area contributed by atoms with Gasteiger partial charge in [0.05, 0.1) is 0 Å². The predicted molar refractivity (Wildman–Crippen MR) is 115 cm³/mol. The van der Waals surface area contributed by atoms with E-state index in [-0.39, 0.29) is 23.3 Å². The summed E-state index contributed by atoms with van der Waals surface area (Å²) in [5.74, 6) is -1.40. The molecule has 0 aliphatic carbocycles. The molecule has 0 amide bonds. The van der Waals surface area contributed by atoms with E-state index in [1.807, 2.05) is 30.3 Å². The molecule has 2 aromatic carbocycles. The molecule has 1 aromatic heterocycles. The van der Waals surface area contributed by atoms with Crippen LogP contribution in [0.5, 0.6) is 0 Å². The van der Waals surface area contributed by atoms with Gasteiger partial charge in [-0.25, -0.2) is 22.2 Å². The lowest BCUT2D eigenvalue weighted by molar-refractivity contribution is 0.0921. The van der Waals surface area contributed by atoms with E-state index < -0.39 is 26.6 Å². The third kappa shape index (κ3) is 4.76. The third-order valence-electron chi connectivity index (χ3n) is 5.53. The van der Waals surface area contributed by atoms with Crippen molar-refractivity contribution in [3.05, 3.63) is 71.6 Å². The number of likely N-dealkylation sites (tertiary alicyclic amines) is 1. The van der Waals surface area contributed by atoms with Crippen molar-refractivity contribution in [2.45, 2.75) is 37.2 Å². The molecular weight excluding hydrogens is 442 g/mol. The van der Waals surface area contributed by atoms with Gasteiger partial charge in [-0.2, -0.15) is 4.37 Å². The van der Waals surface area contributed by atoms with Gasteiger partial charge in [0.15, 0.2) is 0 Å². The first kappa shape index (κ1) is 21.8. The number of nitrogens with one attached hydrogen (secondary N) is 1. The van der Waals surface area contributed by atoms with Crippen LogP contribution in [0.2, 0.25) is 0 Å². The summed E-state index contributed by atoms with van der Waals surface area (Å²) >= 11 is 0.805. The second-order valence-corrected chi connectivity index (χ2v) is 10.1. The largest absolute Gasteiger partial charge is 0.292 e. The van der Waals surface area contributed by atoms with Crippen molar-refractivity contribution >= 4 is 26.7 Å². The van der Waals surface area contributed by atoms with Crippen molar-refractivity contribution in [3.63, 3.8) is 0 Å². The summed E-state index contributed by atoms with van der Waals surface area (Å²) in [6.45, 7) is 3.11. The fraction of sp³-hybridized carbons (Fsp3) is 0.333. The van der Waals surface area contributed by atoms with Gasteiger partial charge in [-0.1, -0.05) is 37.3 Å². The van der Waals surface area contributed by atoms with Crippen molar-refractivity contribution in [3.8, 4) is 0 Å². The lowest BCUT2D eigenvalue weighted by atomic mass is 9.85. The first-order valence-corrected chi connectivity index (χ1v) is 12.2. The van der Waals surface area contributed by atoms with Gasteiger partial charge in [-0.15, -0.1) is 0 Å². The number of aromatic nitrogens is 2. The highest BCUT2D eigenvalue weighted by atomic mass is 32.2. The molecular formula is C21H22F2N4O2S2. The first-order chi connectivity index (χ1) is 14.8. The molecule has 0 bridgehead atoms. The average molecular weight is 465 g/mol. The highest BCUT2D eigenvalue weighted by Gasteiger charge is 2.31. The summed E-state index contributed by atoms with van der Waals surface area (Å²) in [5, 5.41) is -0.0168. The van der Waals surface area contributed by atoms with Crippen LogP contribution < -0.4 is 4.72 Å². The SMILES string of the molecule is CC1CCCN(Cc2cc(F)c(S(=O)(=O)Nc3ncns3)cc2F)C1c1ccccc1. The fourth-order valence-corrected chi connectivity index (χ4v) is 5.88. The van der Waals surface area contributed by atoms with Gasteiger partial charge >= 0.3 is 0 Å². The summed E-state index contributed by atoms with van der Waals surface area (Å²) in [6.07, 6.45) is 3.19. The van der Waals surface area contributed by atoms with E-state index in [9.17, 15) is 17.2 Å². The maximum Gasteiger partial charge on any atom is 0.266 e. The minimum absolute atomic E-state index is 0.0168. The molecule has 1 aliphatic heterocycles. The monoisotopic (exact) mass is 464 g/mol. The van der Waals surface area contributed by atoms with Crippen LogP contribution in [0.25, 0.3) is 0 Å². The normalized spacial score (nSPS) is 20.0. The zero-order chi connectivity index (χ0) is 22.0. The van der Waals surface area contributed by atoms with E-state index in [1.54, 1.807) is 0 Å². The number of piperidine rings is 1. The van der Waals surface area contributed by atoms with Crippen LogP contribution in [0.15, 0.2) is 53.7 Å². The maximum atomic E-state index is 14.9. The van der Waals surface area contributed by atoms with Gasteiger partial charge in [0.25, 0.3) is 10.0 Å². The molecule has 4 rings (SSSR count). The molecule has 2 unspecified atom stereocenters. The van der Waals surface area contributed by atoms with Gasteiger partial charge in [-0.3, -0.25) is 9.62 Å². The van der Waals surface area contributed by atoms with Gasteiger partial charge in [0.1, 0.15) is 22.9 Å². The Morgan fingerprint density at radius 3 is 2.68 bits per heavy atom. The minimum atomic E-state index is -4.32. The number of benzene rings is 2. The summed E-state index contributed by atoms with van der Waals surface area (Å²) in [7, 11) is -4.32. The molecule has 1 N–H and O–H groups in total. The van der Waals surface area contributed by atoms with Crippen LogP contribution in [0, 0.1) is 17.6 Å². The van der Waals surface area contributed by atoms with Gasteiger partial charge in [-0.05, 0) is 43.0 Å². The Balaban J connectivity index is 1.61. The second kappa shape index (κ2) is 8.97. The molecule has 164 valence electrons. The first-order valence-electron chi connectivity index (χ1n) is 9.91. The molecule has 0 saturated carbocycles. The van der Waals surface area contributed by atoms with E-state index in [2.05, 4.69) is 25.9 Å². The Hall–Kier alpha value is -2.43. The standard InChI is InChI=1S/C21H22F2N4O2S2/c1-14-6-5-9-27(20(14)15-7-3-2-4-8-15)12-16-10-18(23)19(11-17(16)22)31(28,29)26-21-24-13-25-30-21/h2-4,7-8,10-11,13-14,20H,5-6,9,12H2,1H3,(H,24,25,26). The zero-order valence-corrected chi connectivity index (χ0v) is 18.5. The van der Waals surface area contributed by atoms with Gasteiger partial charge in [0.2, 0.25) is 5.13 Å². The van der Waals surface area contributed by atoms with Gasteiger partial charge in [0, 0.05) is 29.7 Å². The van der Waals surface area contributed by atoms with Crippen LogP contribution in [-0.2, 0) is 16.6 Å². The maximum absolute atomic E-state index is 14.9. The summed E-state index contributed by atoms with van der Waals surface area (Å²) in [4.78, 5) is 5.09. The minimum Gasteiger partial charge on any atom is -0.292 e. The Labute approximate surface area is 184 Å². The molecule has 0 radical (unpaired) electrons. The quantitative estimate of drug-likeness (QED) is 0.578. The fourth-order valence-electron chi connectivity index (χ4n) is 4.14.